The van der Waals surface area contributed by atoms with Crippen molar-refractivity contribution in [2.24, 2.45) is 5.10 Å². The highest BCUT2D eigenvalue weighted by molar-refractivity contribution is 6.42. The van der Waals surface area contributed by atoms with Gasteiger partial charge in [-0.25, -0.2) is 5.43 Å². The van der Waals surface area contributed by atoms with Crippen molar-refractivity contribution in [2.75, 3.05) is 5.32 Å². The van der Waals surface area contributed by atoms with E-state index in [1.807, 2.05) is 0 Å². The lowest BCUT2D eigenvalue weighted by molar-refractivity contribution is -0.136. The number of hydrogen-bond acceptors (Lipinski definition) is 4. The molecule has 0 aliphatic heterocycles. The van der Waals surface area contributed by atoms with Crippen LogP contribution in [0.4, 0.5) is 5.69 Å². The number of amides is 2. The van der Waals surface area contributed by atoms with Gasteiger partial charge in [-0.1, -0.05) is 40.9 Å². The van der Waals surface area contributed by atoms with Crippen molar-refractivity contribution in [1.29, 1.82) is 0 Å². The molecule has 2 aromatic carbocycles. The number of nitrogens with zero attached hydrogens (tertiary/aromatic N) is 1. The maximum atomic E-state index is 11.8. The first-order valence-electron chi connectivity index (χ1n) is 7.87. The lowest BCUT2D eigenvalue weighted by atomic mass is 10.2. The molecule has 0 bridgehead atoms. The molecule has 0 aliphatic carbocycles. The summed E-state index contributed by atoms with van der Waals surface area (Å²) in [5.41, 5.74) is 3.25. The maximum Gasteiger partial charge on any atom is 0.329 e. The van der Waals surface area contributed by atoms with Gasteiger partial charge >= 0.3 is 11.8 Å². The van der Waals surface area contributed by atoms with E-state index in [9.17, 15) is 9.59 Å². The molecule has 9 heteroatoms. The van der Waals surface area contributed by atoms with E-state index in [1.165, 1.54) is 12.3 Å². The first-order chi connectivity index (χ1) is 13.4. The summed E-state index contributed by atoms with van der Waals surface area (Å²) in [5.74, 6) is -0.899. The highest BCUT2D eigenvalue weighted by Gasteiger charge is 2.13. The van der Waals surface area contributed by atoms with Crippen LogP contribution in [0.3, 0.4) is 0 Å². The van der Waals surface area contributed by atoms with Gasteiger partial charge in [0.25, 0.3) is 0 Å². The minimum atomic E-state index is -0.938. The molecule has 6 nitrogen and oxygen atoms in total. The molecule has 1 heterocycles. The Balaban J connectivity index is 1.58. The Kier molecular flexibility index (Phi) is 6.36. The van der Waals surface area contributed by atoms with Gasteiger partial charge in [-0.15, -0.1) is 0 Å². The average molecular weight is 437 g/mol. The first-order valence-corrected chi connectivity index (χ1v) is 9.01. The first kappa shape index (κ1) is 19.9. The second-order valence-corrected chi connectivity index (χ2v) is 6.75. The van der Waals surface area contributed by atoms with Crippen LogP contribution in [-0.2, 0) is 9.59 Å². The zero-order valence-corrected chi connectivity index (χ0v) is 16.3. The third-order valence-electron chi connectivity index (χ3n) is 3.48. The van der Waals surface area contributed by atoms with E-state index >= 15 is 0 Å². The average Bonchev–Trinajstić information content (AvgIpc) is 3.13. The number of carbonyl (C=O) groups excluding carboxylic acids is 2. The van der Waals surface area contributed by atoms with Crippen LogP contribution in [0.1, 0.15) is 5.76 Å². The van der Waals surface area contributed by atoms with Crippen molar-refractivity contribution in [2.45, 2.75) is 0 Å². The summed E-state index contributed by atoms with van der Waals surface area (Å²) < 4.78 is 5.60. The molecule has 3 aromatic rings. The van der Waals surface area contributed by atoms with Crippen LogP contribution < -0.4 is 10.7 Å². The smallest absolute Gasteiger partial charge is 0.329 e. The molecule has 2 N–H and O–H groups in total. The van der Waals surface area contributed by atoms with Crippen LogP contribution in [0.2, 0.25) is 15.1 Å². The molecule has 0 atom stereocenters. The number of halogens is 3. The molecule has 0 spiro atoms. The number of benzene rings is 2. The zero-order chi connectivity index (χ0) is 20.1. The van der Waals surface area contributed by atoms with Crippen molar-refractivity contribution in [1.82, 2.24) is 5.43 Å². The Labute approximate surface area is 175 Å². The van der Waals surface area contributed by atoms with Crippen LogP contribution in [0.15, 0.2) is 64.1 Å². The number of carbonyl (C=O) groups is 2. The highest BCUT2D eigenvalue weighted by Crippen LogP contribution is 2.29. The largest absolute Gasteiger partial charge is 0.455 e. The minimum absolute atomic E-state index is 0.372. The fraction of sp³-hybridized carbons (Fsp3) is 0. The van der Waals surface area contributed by atoms with Gasteiger partial charge in [0.1, 0.15) is 11.5 Å². The number of hydrogen-bond donors (Lipinski definition) is 2. The summed E-state index contributed by atoms with van der Waals surface area (Å²) in [6, 6.07) is 14.9. The molecule has 3 rings (SSSR count). The Morgan fingerprint density at radius 3 is 2.50 bits per heavy atom. The van der Waals surface area contributed by atoms with E-state index in [0.29, 0.717) is 32.3 Å². The van der Waals surface area contributed by atoms with E-state index in [4.69, 9.17) is 39.2 Å². The molecule has 0 saturated heterocycles. The van der Waals surface area contributed by atoms with Gasteiger partial charge in [-0.05, 0) is 48.5 Å². The van der Waals surface area contributed by atoms with E-state index in [1.54, 1.807) is 48.5 Å². The van der Waals surface area contributed by atoms with Crippen LogP contribution >= 0.6 is 34.8 Å². The summed E-state index contributed by atoms with van der Waals surface area (Å²) in [6.45, 7) is 0. The van der Waals surface area contributed by atoms with Crippen LogP contribution in [-0.4, -0.2) is 18.0 Å². The summed E-state index contributed by atoms with van der Waals surface area (Å²) in [7, 11) is 0. The Hall–Kier alpha value is -2.80. The molecule has 1 aromatic heterocycles. The molecule has 0 unspecified atom stereocenters. The van der Waals surface area contributed by atoms with Crippen LogP contribution in [0.5, 0.6) is 0 Å². The van der Waals surface area contributed by atoms with E-state index in [-0.39, 0.29) is 0 Å². The van der Waals surface area contributed by atoms with Gasteiger partial charge in [0, 0.05) is 16.3 Å². The molecule has 142 valence electrons. The second kappa shape index (κ2) is 8.93. The maximum absolute atomic E-state index is 11.8. The van der Waals surface area contributed by atoms with Gasteiger partial charge in [0.15, 0.2) is 0 Å². The summed E-state index contributed by atoms with van der Waals surface area (Å²) in [4.78, 5) is 23.6. The molecule has 0 fully saturated rings. The molecule has 28 heavy (non-hydrogen) atoms. The molecule has 0 radical (unpaired) electrons. The van der Waals surface area contributed by atoms with Gasteiger partial charge in [-0.2, -0.15) is 5.10 Å². The topological polar surface area (TPSA) is 83.7 Å². The summed E-state index contributed by atoms with van der Waals surface area (Å²) in [6.07, 6.45) is 1.27. The predicted molar refractivity (Wildman–Crippen MR) is 110 cm³/mol. The Morgan fingerprint density at radius 1 is 0.929 bits per heavy atom. The van der Waals surface area contributed by atoms with Crippen molar-refractivity contribution in [3.63, 3.8) is 0 Å². The third kappa shape index (κ3) is 5.13. The lowest BCUT2D eigenvalue weighted by Crippen LogP contribution is -2.32. The number of hydrazone groups is 1. The molecular formula is C19H12Cl3N3O3. The standard InChI is InChI=1S/C19H12Cl3N3O3/c20-12-2-1-3-13(9-12)24-18(26)19(27)25-23-10-14-5-7-17(28-14)11-4-6-15(21)16(22)8-11/h1-10H,(H,24,26)(H,25,27)/b23-10+. The second-order valence-electron chi connectivity index (χ2n) is 5.49. The monoisotopic (exact) mass is 435 g/mol. The zero-order valence-electron chi connectivity index (χ0n) is 14.1. The molecule has 2 amide bonds. The fourth-order valence-corrected chi connectivity index (χ4v) is 2.67. The number of rotatable bonds is 4. The van der Waals surface area contributed by atoms with Gasteiger partial charge in [-0.3, -0.25) is 9.59 Å². The van der Waals surface area contributed by atoms with Crippen molar-refractivity contribution >= 4 is 58.5 Å². The normalized spacial score (nSPS) is 10.8. The van der Waals surface area contributed by atoms with Gasteiger partial charge < -0.3 is 9.73 Å². The molecule has 0 saturated carbocycles. The molecular weight excluding hydrogens is 425 g/mol. The Morgan fingerprint density at radius 2 is 1.75 bits per heavy atom. The highest BCUT2D eigenvalue weighted by atomic mass is 35.5. The van der Waals surface area contributed by atoms with Crippen molar-refractivity contribution in [3.8, 4) is 11.3 Å². The summed E-state index contributed by atoms with van der Waals surface area (Å²) >= 11 is 17.7. The fourth-order valence-electron chi connectivity index (χ4n) is 2.19. The van der Waals surface area contributed by atoms with Gasteiger partial charge in [0.05, 0.1) is 16.3 Å². The SMILES string of the molecule is O=C(N/N=C/c1ccc(-c2ccc(Cl)c(Cl)c2)o1)C(=O)Nc1cccc(Cl)c1. The number of nitrogens with one attached hydrogen (secondary N) is 2. The van der Waals surface area contributed by atoms with Crippen molar-refractivity contribution in [3.05, 3.63) is 75.4 Å². The van der Waals surface area contributed by atoms with E-state index in [0.717, 1.165) is 5.56 Å². The Bertz CT molecular complexity index is 1060. The van der Waals surface area contributed by atoms with Crippen LogP contribution in [0, 0.1) is 0 Å². The van der Waals surface area contributed by atoms with E-state index < -0.39 is 11.8 Å². The van der Waals surface area contributed by atoms with Crippen molar-refractivity contribution < 1.29 is 14.0 Å². The number of furan rings is 1. The minimum Gasteiger partial charge on any atom is -0.455 e. The van der Waals surface area contributed by atoms with Gasteiger partial charge in [0.2, 0.25) is 0 Å². The summed E-state index contributed by atoms with van der Waals surface area (Å²) in [5, 5.41) is 7.40. The van der Waals surface area contributed by atoms with E-state index in [2.05, 4.69) is 15.8 Å². The van der Waals surface area contributed by atoms with Crippen LogP contribution in [0.25, 0.3) is 11.3 Å². The third-order valence-corrected chi connectivity index (χ3v) is 4.45. The number of anilines is 1. The quantitative estimate of drug-likeness (QED) is 0.343. The molecule has 0 aliphatic rings. The lowest BCUT2D eigenvalue weighted by Gasteiger charge is -2.03. The predicted octanol–water partition coefficient (Wildman–Crippen LogP) is 5.00.